The molecule has 1 atom stereocenters. The summed E-state index contributed by atoms with van der Waals surface area (Å²) in [5.41, 5.74) is 0.941. The number of nitrogens with zero attached hydrogens (tertiary/aromatic N) is 1. The van der Waals surface area contributed by atoms with E-state index >= 15 is 0 Å². The lowest BCUT2D eigenvalue weighted by atomic mass is 10.1. The Bertz CT molecular complexity index is 492. The first kappa shape index (κ1) is 21.3. The molecule has 142 valence electrons. The first-order valence-corrected chi connectivity index (χ1v) is 9.34. The van der Waals surface area contributed by atoms with Gasteiger partial charge in [0.25, 0.3) is 0 Å². The number of benzene rings is 1. The second kappa shape index (κ2) is 12.6. The zero-order valence-corrected chi connectivity index (χ0v) is 16.1. The van der Waals surface area contributed by atoms with Gasteiger partial charge in [-0.15, -0.1) is 0 Å². The van der Waals surface area contributed by atoms with Gasteiger partial charge in [-0.25, -0.2) is 4.79 Å². The third-order valence-corrected chi connectivity index (χ3v) is 4.05. The summed E-state index contributed by atoms with van der Waals surface area (Å²) in [6.07, 6.45) is 4.73. The van der Waals surface area contributed by atoms with Gasteiger partial charge in [-0.1, -0.05) is 44.4 Å². The van der Waals surface area contributed by atoms with E-state index in [1.165, 1.54) is 12.8 Å². The van der Waals surface area contributed by atoms with Gasteiger partial charge in [0.2, 0.25) is 0 Å². The van der Waals surface area contributed by atoms with Gasteiger partial charge in [-0.3, -0.25) is 4.90 Å². The van der Waals surface area contributed by atoms with Crippen LogP contribution in [0.4, 0.5) is 4.79 Å². The van der Waals surface area contributed by atoms with Crippen molar-refractivity contribution >= 4 is 6.09 Å². The Kier molecular flexibility index (Phi) is 10.7. The monoisotopic (exact) mass is 351 g/mol. The smallest absolute Gasteiger partial charge is 0.412 e. The van der Waals surface area contributed by atoms with Crippen LogP contribution in [0.1, 0.15) is 58.4 Å². The van der Waals surface area contributed by atoms with Crippen LogP contribution < -0.4 is 4.74 Å². The molecule has 0 heterocycles. The van der Waals surface area contributed by atoms with Crippen LogP contribution in [0.5, 0.6) is 5.75 Å². The van der Waals surface area contributed by atoms with Crippen LogP contribution in [0.15, 0.2) is 24.3 Å². The van der Waals surface area contributed by atoms with Crippen LogP contribution in [0.25, 0.3) is 0 Å². The quantitative estimate of drug-likeness (QED) is 0.393. The molecule has 1 amide bonds. The maximum Gasteiger partial charge on any atom is 0.412 e. The number of hydrogen-bond donors (Lipinski definition) is 0. The summed E-state index contributed by atoms with van der Waals surface area (Å²) < 4.78 is 16.6. The van der Waals surface area contributed by atoms with E-state index in [0.29, 0.717) is 19.8 Å². The maximum atomic E-state index is 12.5. The van der Waals surface area contributed by atoms with E-state index < -0.39 is 0 Å². The fourth-order valence-electron chi connectivity index (χ4n) is 2.77. The predicted octanol–water partition coefficient (Wildman–Crippen LogP) is 4.99. The van der Waals surface area contributed by atoms with E-state index in [9.17, 15) is 4.79 Å². The van der Waals surface area contributed by atoms with Crippen molar-refractivity contribution < 1.29 is 19.0 Å². The molecule has 0 radical (unpaired) electrons. The Morgan fingerprint density at radius 2 is 1.84 bits per heavy atom. The zero-order chi connectivity index (χ0) is 18.5. The predicted molar refractivity (Wildman–Crippen MR) is 99.7 cm³/mol. The van der Waals surface area contributed by atoms with Crippen molar-refractivity contribution in [3.8, 4) is 5.75 Å². The standard InChI is InChI=1S/C20H33NO4/c1-5-8-9-10-15-19(24-6-2)21(20(22)25-7-3)16-17-13-11-12-14-18(17)23-4/h11-14,19H,5-10,15-16H2,1-4H3. The summed E-state index contributed by atoms with van der Waals surface area (Å²) in [5.74, 6) is 0.762. The molecule has 0 saturated carbocycles. The average molecular weight is 351 g/mol. The molecule has 5 nitrogen and oxygen atoms in total. The van der Waals surface area contributed by atoms with Gasteiger partial charge in [-0.05, 0) is 32.8 Å². The Morgan fingerprint density at radius 3 is 2.48 bits per heavy atom. The van der Waals surface area contributed by atoms with E-state index in [0.717, 1.165) is 30.6 Å². The van der Waals surface area contributed by atoms with Crippen LogP contribution in [0.2, 0.25) is 0 Å². The lowest BCUT2D eigenvalue weighted by Crippen LogP contribution is -2.42. The molecule has 25 heavy (non-hydrogen) atoms. The van der Waals surface area contributed by atoms with Gasteiger partial charge >= 0.3 is 6.09 Å². The highest BCUT2D eigenvalue weighted by Crippen LogP contribution is 2.23. The zero-order valence-electron chi connectivity index (χ0n) is 16.1. The van der Waals surface area contributed by atoms with Crippen molar-refractivity contribution in [3.63, 3.8) is 0 Å². The van der Waals surface area contributed by atoms with Gasteiger partial charge in [0, 0.05) is 12.2 Å². The van der Waals surface area contributed by atoms with Crippen LogP contribution in [0, 0.1) is 0 Å². The van der Waals surface area contributed by atoms with Crippen LogP contribution in [-0.2, 0) is 16.0 Å². The fourth-order valence-corrected chi connectivity index (χ4v) is 2.77. The molecule has 0 aliphatic heterocycles. The van der Waals surface area contributed by atoms with Crippen molar-refractivity contribution in [2.75, 3.05) is 20.3 Å². The van der Waals surface area contributed by atoms with Crippen molar-refractivity contribution in [3.05, 3.63) is 29.8 Å². The van der Waals surface area contributed by atoms with E-state index in [1.54, 1.807) is 12.0 Å². The molecular weight excluding hydrogens is 318 g/mol. The summed E-state index contributed by atoms with van der Waals surface area (Å²) in [6, 6.07) is 7.72. The minimum absolute atomic E-state index is 0.286. The lowest BCUT2D eigenvalue weighted by molar-refractivity contribution is -0.0578. The van der Waals surface area contributed by atoms with Gasteiger partial charge in [0.1, 0.15) is 12.0 Å². The SMILES string of the molecule is CCCCCCC(OCC)N(Cc1ccccc1OC)C(=O)OCC. The second-order valence-electron chi connectivity index (χ2n) is 5.90. The molecule has 0 N–H and O–H groups in total. The second-order valence-corrected chi connectivity index (χ2v) is 5.90. The molecule has 1 aromatic carbocycles. The van der Waals surface area contributed by atoms with Crippen molar-refractivity contribution in [2.45, 2.75) is 65.6 Å². The molecule has 1 unspecified atom stereocenters. The normalized spacial score (nSPS) is 11.8. The molecule has 0 aromatic heterocycles. The van der Waals surface area contributed by atoms with Crippen molar-refractivity contribution in [1.29, 1.82) is 0 Å². The number of carbonyl (C=O) groups is 1. The third kappa shape index (κ3) is 7.34. The summed E-state index contributed by atoms with van der Waals surface area (Å²) >= 11 is 0. The van der Waals surface area contributed by atoms with Crippen LogP contribution in [0.3, 0.4) is 0 Å². The highest BCUT2D eigenvalue weighted by atomic mass is 16.6. The van der Waals surface area contributed by atoms with Gasteiger partial charge in [-0.2, -0.15) is 0 Å². The minimum Gasteiger partial charge on any atom is -0.496 e. The third-order valence-electron chi connectivity index (χ3n) is 4.05. The molecule has 0 spiro atoms. The number of para-hydroxylation sites is 1. The highest BCUT2D eigenvalue weighted by molar-refractivity contribution is 5.68. The molecule has 0 aliphatic carbocycles. The molecule has 0 fully saturated rings. The molecule has 1 rings (SSSR count). The Hall–Kier alpha value is -1.75. The summed E-state index contributed by atoms with van der Waals surface area (Å²) in [5, 5.41) is 0. The van der Waals surface area contributed by atoms with Gasteiger partial charge < -0.3 is 14.2 Å². The van der Waals surface area contributed by atoms with Crippen LogP contribution >= 0.6 is 0 Å². The number of methoxy groups -OCH3 is 1. The van der Waals surface area contributed by atoms with E-state index in [-0.39, 0.29) is 12.3 Å². The summed E-state index contributed by atoms with van der Waals surface area (Å²) in [6.45, 7) is 7.26. The molecule has 0 saturated heterocycles. The number of unbranched alkanes of at least 4 members (excludes halogenated alkanes) is 3. The number of carbonyl (C=O) groups excluding carboxylic acids is 1. The van der Waals surface area contributed by atoms with E-state index in [4.69, 9.17) is 14.2 Å². The van der Waals surface area contributed by atoms with Crippen LogP contribution in [-0.4, -0.2) is 37.5 Å². The van der Waals surface area contributed by atoms with Crippen molar-refractivity contribution in [1.82, 2.24) is 4.90 Å². The van der Waals surface area contributed by atoms with Gasteiger partial charge in [0.15, 0.2) is 0 Å². The number of amides is 1. The van der Waals surface area contributed by atoms with Crippen molar-refractivity contribution in [2.24, 2.45) is 0 Å². The largest absolute Gasteiger partial charge is 0.496 e. The Morgan fingerprint density at radius 1 is 1.08 bits per heavy atom. The molecule has 1 aromatic rings. The molecule has 5 heteroatoms. The average Bonchev–Trinajstić information content (AvgIpc) is 2.63. The Balaban J connectivity index is 2.92. The molecular formula is C20H33NO4. The lowest BCUT2D eigenvalue weighted by Gasteiger charge is -2.31. The topological polar surface area (TPSA) is 48.0 Å². The first-order valence-electron chi connectivity index (χ1n) is 9.34. The molecule has 0 aliphatic rings. The summed E-state index contributed by atoms with van der Waals surface area (Å²) in [7, 11) is 1.64. The minimum atomic E-state index is -0.345. The maximum absolute atomic E-state index is 12.5. The Labute approximate surface area is 152 Å². The number of hydrogen-bond acceptors (Lipinski definition) is 4. The molecule has 0 bridgehead atoms. The fraction of sp³-hybridized carbons (Fsp3) is 0.650. The van der Waals surface area contributed by atoms with E-state index in [1.807, 2.05) is 38.1 Å². The number of rotatable bonds is 12. The van der Waals surface area contributed by atoms with E-state index in [2.05, 4.69) is 6.92 Å². The highest BCUT2D eigenvalue weighted by Gasteiger charge is 2.26. The first-order chi connectivity index (χ1) is 12.2. The van der Waals surface area contributed by atoms with Gasteiger partial charge in [0.05, 0.1) is 20.3 Å². The summed E-state index contributed by atoms with van der Waals surface area (Å²) in [4.78, 5) is 14.2. The number of ether oxygens (including phenoxy) is 3.